The minimum Gasteiger partial charge on any atom is -0.371 e. The molecular formula is C16H21N3O2. The molecule has 1 aromatic rings. The molecule has 2 aliphatic rings. The number of amides is 2. The minimum absolute atomic E-state index is 0.169. The second kappa shape index (κ2) is 5.85. The first kappa shape index (κ1) is 14.1. The number of carbonyl (C=O) groups is 2. The first-order chi connectivity index (χ1) is 10.1. The van der Waals surface area contributed by atoms with E-state index in [-0.39, 0.29) is 17.7 Å². The SMILES string of the molecule is NC1CCN(c2cccc(C3CCC(=O)NC3=O)c2)CC1. The molecule has 112 valence electrons. The van der Waals surface area contributed by atoms with E-state index in [0.29, 0.717) is 18.9 Å². The fraction of sp³-hybridized carbons (Fsp3) is 0.500. The number of carbonyl (C=O) groups excluding carboxylic acids is 2. The number of nitrogens with zero attached hydrogens (tertiary/aromatic N) is 1. The van der Waals surface area contributed by atoms with Crippen molar-refractivity contribution < 1.29 is 9.59 Å². The van der Waals surface area contributed by atoms with Crippen molar-refractivity contribution in [2.24, 2.45) is 5.73 Å². The number of anilines is 1. The molecule has 0 bridgehead atoms. The molecule has 5 nitrogen and oxygen atoms in total. The predicted molar refractivity (Wildman–Crippen MR) is 81.0 cm³/mol. The lowest BCUT2D eigenvalue weighted by atomic mass is 9.90. The van der Waals surface area contributed by atoms with Gasteiger partial charge in [0, 0.05) is 31.2 Å². The molecule has 0 aromatic heterocycles. The molecule has 0 radical (unpaired) electrons. The van der Waals surface area contributed by atoms with E-state index >= 15 is 0 Å². The maximum Gasteiger partial charge on any atom is 0.234 e. The molecule has 2 amide bonds. The predicted octanol–water partition coefficient (Wildman–Crippen LogP) is 1.13. The summed E-state index contributed by atoms with van der Waals surface area (Å²) in [6.07, 6.45) is 3.02. The highest BCUT2D eigenvalue weighted by atomic mass is 16.2. The molecule has 2 heterocycles. The van der Waals surface area contributed by atoms with Crippen LogP contribution in [-0.4, -0.2) is 30.9 Å². The Bertz CT molecular complexity index is 550. The highest BCUT2D eigenvalue weighted by molar-refractivity contribution is 6.01. The molecule has 21 heavy (non-hydrogen) atoms. The monoisotopic (exact) mass is 287 g/mol. The van der Waals surface area contributed by atoms with Crippen LogP contribution < -0.4 is 16.0 Å². The zero-order valence-electron chi connectivity index (χ0n) is 12.0. The van der Waals surface area contributed by atoms with Crippen LogP contribution in [0.4, 0.5) is 5.69 Å². The molecule has 2 fully saturated rings. The number of hydrogen-bond donors (Lipinski definition) is 2. The van der Waals surface area contributed by atoms with Crippen LogP contribution in [0, 0.1) is 0 Å². The van der Waals surface area contributed by atoms with Gasteiger partial charge in [-0.3, -0.25) is 14.9 Å². The fourth-order valence-electron chi connectivity index (χ4n) is 3.11. The maximum atomic E-state index is 12.0. The molecule has 0 spiro atoms. The van der Waals surface area contributed by atoms with Gasteiger partial charge < -0.3 is 10.6 Å². The highest BCUT2D eigenvalue weighted by Gasteiger charge is 2.28. The summed E-state index contributed by atoms with van der Waals surface area (Å²) in [7, 11) is 0. The largest absolute Gasteiger partial charge is 0.371 e. The molecule has 3 rings (SSSR count). The highest BCUT2D eigenvalue weighted by Crippen LogP contribution is 2.28. The summed E-state index contributed by atoms with van der Waals surface area (Å²) in [5, 5.41) is 2.42. The van der Waals surface area contributed by atoms with Crippen molar-refractivity contribution in [2.45, 2.75) is 37.6 Å². The van der Waals surface area contributed by atoms with E-state index in [4.69, 9.17) is 5.73 Å². The van der Waals surface area contributed by atoms with Crippen LogP contribution in [0.1, 0.15) is 37.2 Å². The van der Waals surface area contributed by atoms with Crippen LogP contribution in [0.15, 0.2) is 24.3 Å². The Morgan fingerprint density at radius 2 is 1.90 bits per heavy atom. The summed E-state index contributed by atoms with van der Waals surface area (Å²) in [5.74, 6) is -0.559. The van der Waals surface area contributed by atoms with Crippen molar-refractivity contribution in [3.63, 3.8) is 0 Å². The lowest BCUT2D eigenvalue weighted by Gasteiger charge is -2.32. The Labute approximate surface area is 124 Å². The van der Waals surface area contributed by atoms with Gasteiger partial charge in [0.1, 0.15) is 0 Å². The average molecular weight is 287 g/mol. The van der Waals surface area contributed by atoms with Gasteiger partial charge in [0.25, 0.3) is 0 Å². The summed E-state index contributed by atoms with van der Waals surface area (Å²) >= 11 is 0. The quantitative estimate of drug-likeness (QED) is 0.800. The van der Waals surface area contributed by atoms with E-state index in [0.717, 1.165) is 37.2 Å². The molecule has 5 heteroatoms. The van der Waals surface area contributed by atoms with Crippen LogP contribution in [0.2, 0.25) is 0 Å². The van der Waals surface area contributed by atoms with Gasteiger partial charge in [-0.05, 0) is 37.0 Å². The average Bonchev–Trinajstić information content (AvgIpc) is 2.48. The molecule has 1 atom stereocenters. The van der Waals surface area contributed by atoms with Gasteiger partial charge >= 0.3 is 0 Å². The number of piperidine rings is 2. The molecule has 2 saturated heterocycles. The third-order valence-electron chi connectivity index (χ3n) is 4.42. The summed E-state index contributed by atoms with van der Waals surface area (Å²) < 4.78 is 0. The minimum atomic E-state index is -0.213. The van der Waals surface area contributed by atoms with Gasteiger partial charge in [-0.2, -0.15) is 0 Å². The second-order valence-electron chi connectivity index (χ2n) is 5.92. The Balaban J connectivity index is 1.77. The lowest BCUT2D eigenvalue weighted by Crippen LogP contribution is -2.40. The van der Waals surface area contributed by atoms with E-state index in [1.165, 1.54) is 0 Å². The van der Waals surface area contributed by atoms with Crippen molar-refractivity contribution in [3.05, 3.63) is 29.8 Å². The van der Waals surface area contributed by atoms with Gasteiger partial charge in [0.2, 0.25) is 11.8 Å². The van der Waals surface area contributed by atoms with Crippen molar-refractivity contribution in [2.75, 3.05) is 18.0 Å². The first-order valence-corrected chi connectivity index (χ1v) is 7.57. The molecule has 1 aromatic carbocycles. The standard InChI is InChI=1S/C16H21N3O2/c17-12-6-8-19(9-7-12)13-3-1-2-11(10-13)14-4-5-15(20)18-16(14)21/h1-3,10,12,14H,4-9,17H2,(H,18,20,21). The van der Waals surface area contributed by atoms with Crippen molar-refractivity contribution in [1.82, 2.24) is 5.32 Å². The summed E-state index contributed by atoms with van der Waals surface area (Å²) in [5.41, 5.74) is 8.08. The van der Waals surface area contributed by atoms with Gasteiger partial charge in [0.05, 0.1) is 5.92 Å². The van der Waals surface area contributed by atoms with Gasteiger partial charge in [-0.1, -0.05) is 12.1 Å². The van der Waals surface area contributed by atoms with E-state index < -0.39 is 0 Å². The van der Waals surface area contributed by atoms with E-state index in [9.17, 15) is 9.59 Å². The smallest absolute Gasteiger partial charge is 0.234 e. The Kier molecular flexibility index (Phi) is 3.92. The molecular weight excluding hydrogens is 266 g/mol. The van der Waals surface area contributed by atoms with Crippen molar-refractivity contribution in [3.8, 4) is 0 Å². The van der Waals surface area contributed by atoms with Gasteiger partial charge in [-0.25, -0.2) is 0 Å². The van der Waals surface area contributed by atoms with Crippen LogP contribution in [0.3, 0.4) is 0 Å². The third-order valence-corrected chi connectivity index (χ3v) is 4.42. The molecule has 3 N–H and O–H groups in total. The van der Waals surface area contributed by atoms with E-state index in [1.54, 1.807) is 0 Å². The maximum absolute atomic E-state index is 12.0. The zero-order chi connectivity index (χ0) is 14.8. The fourth-order valence-corrected chi connectivity index (χ4v) is 3.11. The van der Waals surface area contributed by atoms with Crippen LogP contribution in [-0.2, 0) is 9.59 Å². The Morgan fingerprint density at radius 1 is 1.14 bits per heavy atom. The summed E-state index contributed by atoms with van der Waals surface area (Å²) in [4.78, 5) is 25.5. The van der Waals surface area contributed by atoms with Crippen molar-refractivity contribution in [1.29, 1.82) is 0 Å². The first-order valence-electron chi connectivity index (χ1n) is 7.57. The summed E-state index contributed by atoms with van der Waals surface area (Å²) in [6, 6.07) is 8.42. The Morgan fingerprint density at radius 3 is 2.62 bits per heavy atom. The van der Waals surface area contributed by atoms with Gasteiger partial charge in [-0.15, -0.1) is 0 Å². The molecule has 1 unspecified atom stereocenters. The lowest BCUT2D eigenvalue weighted by molar-refractivity contribution is -0.134. The van der Waals surface area contributed by atoms with E-state index in [1.807, 2.05) is 12.1 Å². The number of nitrogens with one attached hydrogen (secondary N) is 1. The topological polar surface area (TPSA) is 75.4 Å². The Hall–Kier alpha value is -1.88. The molecule has 0 saturated carbocycles. The zero-order valence-corrected chi connectivity index (χ0v) is 12.0. The number of rotatable bonds is 2. The van der Waals surface area contributed by atoms with E-state index in [2.05, 4.69) is 22.3 Å². The van der Waals surface area contributed by atoms with Crippen LogP contribution >= 0.6 is 0 Å². The number of hydrogen-bond acceptors (Lipinski definition) is 4. The number of imide groups is 1. The van der Waals surface area contributed by atoms with Gasteiger partial charge in [0.15, 0.2) is 0 Å². The third kappa shape index (κ3) is 3.08. The number of benzene rings is 1. The van der Waals surface area contributed by atoms with Crippen LogP contribution in [0.25, 0.3) is 0 Å². The second-order valence-corrected chi connectivity index (χ2v) is 5.92. The normalized spacial score (nSPS) is 24.0. The van der Waals surface area contributed by atoms with Crippen LogP contribution in [0.5, 0.6) is 0 Å². The van der Waals surface area contributed by atoms with Crippen molar-refractivity contribution >= 4 is 17.5 Å². The molecule has 2 aliphatic heterocycles. The molecule has 0 aliphatic carbocycles. The summed E-state index contributed by atoms with van der Waals surface area (Å²) in [6.45, 7) is 1.92. The number of nitrogens with two attached hydrogens (primary N) is 1.